The zero-order valence-corrected chi connectivity index (χ0v) is 16.8. The zero-order valence-electron chi connectivity index (χ0n) is 16.0. The lowest BCUT2D eigenvalue weighted by atomic mass is 9.94. The van der Waals surface area contributed by atoms with Crippen LogP contribution in [-0.2, 0) is 10.0 Å². The van der Waals surface area contributed by atoms with Crippen LogP contribution in [0.25, 0.3) is 0 Å². The summed E-state index contributed by atoms with van der Waals surface area (Å²) >= 11 is 0. The molecule has 0 aliphatic carbocycles. The lowest BCUT2D eigenvalue weighted by Gasteiger charge is -2.34. The molecule has 1 aliphatic heterocycles. The van der Waals surface area contributed by atoms with Crippen molar-refractivity contribution in [2.75, 3.05) is 18.4 Å². The number of imidazole rings is 1. The number of aromatic amines is 1. The fraction of sp³-hybridized carbons (Fsp3) is 0.368. The number of hydrogen-bond acceptors (Lipinski definition) is 6. The van der Waals surface area contributed by atoms with E-state index in [9.17, 15) is 13.2 Å². The summed E-state index contributed by atoms with van der Waals surface area (Å²) < 4.78 is 27.3. The van der Waals surface area contributed by atoms with Gasteiger partial charge in [-0.05, 0) is 42.5 Å². The van der Waals surface area contributed by atoms with Crippen LogP contribution < -0.4 is 5.32 Å². The van der Waals surface area contributed by atoms with Crippen molar-refractivity contribution in [1.82, 2.24) is 14.3 Å². The molecule has 0 saturated carbocycles. The second-order valence-corrected chi connectivity index (χ2v) is 9.22. The molecule has 1 saturated heterocycles. The van der Waals surface area contributed by atoms with Crippen LogP contribution in [0.4, 0.5) is 5.95 Å². The molecule has 3 rings (SSSR count). The molecule has 1 aliphatic rings. The van der Waals surface area contributed by atoms with Gasteiger partial charge in [0.25, 0.3) is 5.91 Å². The number of benzene rings is 1. The number of nitriles is 2. The topological polar surface area (TPSA) is 143 Å². The summed E-state index contributed by atoms with van der Waals surface area (Å²) in [6.07, 6.45) is 0.999. The molecule has 0 unspecified atom stereocenters. The molecule has 1 aromatic heterocycles. The molecule has 0 bridgehead atoms. The van der Waals surface area contributed by atoms with Crippen molar-refractivity contribution in [3.05, 3.63) is 41.2 Å². The van der Waals surface area contributed by atoms with E-state index in [2.05, 4.69) is 15.3 Å². The highest BCUT2D eigenvalue weighted by Crippen LogP contribution is 2.26. The van der Waals surface area contributed by atoms with Crippen LogP contribution in [0.5, 0.6) is 0 Å². The molecule has 2 N–H and O–H groups in total. The van der Waals surface area contributed by atoms with Crippen molar-refractivity contribution in [3.8, 4) is 12.1 Å². The van der Waals surface area contributed by atoms with Gasteiger partial charge in [0, 0.05) is 18.7 Å². The van der Waals surface area contributed by atoms with Gasteiger partial charge in [0.05, 0.1) is 4.90 Å². The number of piperidine rings is 1. The smallest absolute Gasteiger partial charge is 0.257 e. The minimum atomic E-state index is -3.63. The van der Waals surface area contributed by atoms with E-state index in [1.807, 2.05) is 13.8 Å². The molecule has 9 nitrogen and oxygen atoms in total. The van der Waals surface area contributed by atoms with E-state index in [1.165, 1.54) is 28.6 Å². The minimum Gasteiger partial charge on any atom is -0.314 e. The molecular formula is C19H20N6O3S. The number of aromatic nitrogens is 2. The van der Waals surface area contributed by atoms with Gasteiger partial charge in [-0.15, -0.1) is 0 Å². The second kappa shape index (κ2) is 8.03. The Balaban J connectivity index is 1.76. The van der Waals surface area contributed by atoms with Crippen molar-refractivity contribution in [1.29, 1.82) is 10.5 Å². The standard InChI is InChI=1S/C19H20N6O3S/c1-12-7-13(2)11-25(10-12)29(27,28)15-5-3-14(4-6-15)18(26)24-19-22-16(8-20)17(9-21)23-19/h3-6,12-13H,7,10-11H2,1-2H3,(H2,22,23,24,26)/t12-,13-/m1/s1. The van der Waals surface area contributed by atoms with Crippen LogP contribution in [0, 0.1) is 34.5 Å². The van der Waals surface area contributed by atoms with Crippen molar-refractivity contribution in [2.24, 2.45) is 11.8 Å². The van der Waals surface area contributed by atoms with Gasteiger partial charge in [0.1, 0.15) is 12.1 Å². The van der Waals surface area contributed by atoms with E-state index in [0.717, 1.165) is 6.42 Å². The first-order chi connectivity index (χ1) is 13.7. The Kier molecular flexibility index (Phi) is 5.69. The number of hydrogen-bond donors (Lipinski definition) is 2. The summed E-state index contributed by atoms with van der Waals surface area (Å²) in [5.41, 5.74) is 0.0567. The Bertz CT molecular complexity index is 1070. The van der Waals surface area contributed by atoms with Crippen molar-refractivity contribution < 1.29 is 13.2 Å². The summed E-state index contributed by atoms with van der Waals surface area (Å²) in [6, 6.07) is 9.16. The Hall–Kier alpha value is -3.21. The largest absolute Gasteiger partial charge is 0.314 e. The number of nitrogens with zero attached hydrogens (tertiary/aromatic N) is 4. The summed E-state index contributed by atoms with van der Waals surface area (Å²) in [5, 5.41) is 20.3. The minimum absolute atomic E-state index is 0.0314. The Morgan fingerprint density at radius 3 is 2.31 bits per heavy atom. The maximum Gasteiger partial charge on any atom is 0.257 e. The quantitative estimate of drug-likeness (QED) is 0.787. The van der Waals surface area contributed by atoms with Crippen LogP contribution in [0.2, 0.25) is 0 Å². The zero-order chi connectivity index (χ0) is 21.2. The molecule has 0 spiro atoms. The van der Waals surface area contributed by atoms with Gasteiger partial charge in [-0.1, -0.05) is 13.8 Å². The predicted molar refractivity (Wildman–Crippen MR) is 104 cm³/mol. The van der Waals surface area contributed by atoms with Crippen LogP contribution in [0.1, 0.15) is 42.0 Å². The van der Waals surface area contributed by atoms with Gasteiger partial charge >= 0.3 is 0 Å². The molecule has 150 valence electrons. The highest BCUT2D eigenvalue weighted by molar-refractivity contribution is 7.89. The molecule has 1 amide bonds. The normalized spacial score (nSPS) is 19.9. The van der Waals surface area contributed by atoms with Crippen LogP contribution in [0.15, 0.2) is 29.2 Å². The maximum absolute atomic E-state index is 12.9. The van der Waals surface area contributed by atoms with Gasteiger partial charge in [-0.25, -0.2) is 13.4 Å². The highest BCUT2D eigenvalue weighted by Gasteiger charge is 2.31. The van der Waals surface area contributed by atoms with Gasteiger partial charge in [-0.3, -0.25) is 10.1 Å². The lowest BCUT2D eigenvalue weighted by molar-refractivity contribution is 0.102. The number of rotatable bonds is 4. The van der Waals surface area contributed by atoms with Crippen molar-refractivity contribution >= 4 is 21.9 Å². The molecule has 0 radical (unpaired) electrons. The number of carbonyl (C=O) groups excluding carboxylic acids is 1. The number of nitrogens with one attached hydrogen (secondary N) is 2. The molecule has 1 aromatic carbocycles. The molecule has 2 aromatic rings. The lowest BCUT2D eigenvalue weighted by Crippen LogP contribution is -2.42. The van der Waals surface area contributed by atoms with E-state index >= 15 is 0 Å². The molecular weight excluding hydrogens is 392 g/mol. The number of H-pyrrole nitrogens is 1. The van der Waals surface area contributed by atoms with Crippen LogP contribution >= 0.6 is 0 Å². The summed E-state index contributed by atoms with van der Waals surface area (Å²) in [6.45, 7) is 5.04. The van der Waals surface area contributed by atoms with Gasteiger partial charge in [0.2, 0.25) is 16.0 Å². The first-order valence-electron chi connectivity index (χ1n) is 9.06. The van der Waals surface area contributed by atoms with Gasteiger partial charge < -0.3 is 4.98 Å². The fourth-order valence-electron chi connectivity index (χ4n) is 3.50. The van der Waals surface area contributed by atoms with Crippen LogP contribution in [-0.4, -0.2) is 41.7 Å². The molecule has 2 heterocycles. The third-order valence-electron chi connectivity index (χ3n) is 4.74. The monoisotopic (exact) mass is 412 g/mol. The van der Waals surface area contributed by atoms with E-state index in [1.54, 1.807) is 12.1 Å². The fourth-order valence-corrected chi connectivity index (χ4v) is 5.18. The number of sulfonamides is 1. The van der Waals surface area contributed by atoms with E-state index in [-0.39, 0.29) is 27.8 Å². The molecule has 29 heavy (non-hydrogen) atoms. The molecule has 2 atom stereocenters. The molecule has 1 fully saturated rings. The summed E-state index contributed by atoms with van der Waals surface area (Å²) in [4.78, 5) is 18.9. The average molecular weight is 412 g/mol. The van der Waals surface area contributed by atoms with Crippen LogP contribution in [0.3, 0.4) is 0 Å². The van der Waals surface area contributed by atoms with Gasteiger partial charge in [-0.2, -0.15) is 14.8 Å². The predicted octanol–water partition coefficient (Wildman–Crippen LogP) is 2.07. The van der Waals surface area contributed by atoms with Crippen molar-refractivity contribution in [2.45, 2.75) is 25.2 Å². The Labute approximate surface area is 169 Å². The summed E-state index contributed by atoms with van der Waals surface area (Å²) in [7, 11) is -3.63. The first kappa shape index (κ1) is 20.5. The maximum atomic E-state index is 12.9. The third kappa shape index (κ3) is 4.29. The van der Waals surface area contributed by atoms with E-state index in [0.29, 0.717) is 24.9 Å². The van der Waals surface area contributed by atoms with E-state index < -0.39 is 15.9 Å². The third-order valence-corrected chi connectivity index (χ3v) is 6.59. The van der Waals surface area contributed by atoms with Gasteiger partial charge in [0.15, 0.2) is 11.4 Å². The number of carbonyl (C=O) groups is 1. The number of amides is 1. The average Bonchev–Trinajstić information content (AvgIpc) is 3.09. The Morgan fingerprint density at radius 2 is 1.79 bits per heavy atom. The second-order valence-electron chi connectivity index (χ2n) is 7.28. The van der Waals surface area contributed by atoms with Crippen molar-refractivity contribution in [3.63, 3.8) is 0 Å². The first-order valence-corrected chi connectivity index (χ1v) is 10.5. The van der Waals surface area contributed by atoms with E-state index in [4.69, 9.17) is 10.5 Å². The highest BCUT2D eigenvalue weighted by atomic mass is 32.2. The summed E-state index contributed by atoms with van der Waals surface area (Å²) in [5.74, 6) is 0.0138. The molecule has 10 heteroatoms. The number of anilines is 1. The Morgan fingerprint density at radius 1 is 1.17 bits per heavy atom. The SMILES string of the molecule is C[C@@H]1C[C@@H](C)CN(S(=O)(=O)c2ccc(C(=O)Nc3nc(C#N)c(C#N)[nH]3)cc2)C1.